The number of nitrogens with one attached hydrogen (secondary N) is 1. The minimum absolute atomic E-state index is 0.456. The molecular formula is C18H21Cl2NO. The SMILES string of the molecule is Clc1ccccc1.OC(CNCC1CC1)c1cccc(Cl)c1. The van der Waals surface area contributed by atoms with Crippen LogP contribution in [-0.2, 0) is 0 Å². The molecule has 0 aliphatic heterocycles. The number of aliphatic hydroxyl groups is 1. The highest BCUT2D eigenvalue weighted by Crippen LogP contribution is 2.27. The summed E-state index contributed by atoms with van der Waals surface area (Å²) in [5.74, 6) is 0.844. The minimum atomic E-state index is -0.456. The molecule has 3 rings (SSSR count). The van der Waals surface area contributed by atoms with Gasteiger partial charge in [-0.25, -0.2) is 0 Å². The topological polar surface area (TPSA) is 32.3 Å². The largest absolute Gasteiger partial charge is 0.387 e. The fourth-order valence-electron chi connectivity index (χ4n) is 1.99. The molecule has 0 aromatic heterocycles. The van der Waals surface area contributed by atoms with Crippen molar-refractivity contribution in [1.82, 2.24) is 5.32 Å². The Morgan fingerprint density at radius 1 is 1.00 bits per heavy atom. The van der Waals surface area contributed by atoms with Crippen molar-refractivity contribution in [2.45, 2.75) is 18.9 Å². The van der Waals surface area contributed by atoms with Crippen LogP contribution in [-0.4, -0.2) is 18.2 Å². The summed E-state index contributed by atoms with van der Waals surface area (Å²) in [5.41, 5.74) is 0.880. The molecule has 0 spiro atoms. The van der Waals surface area contributed by atoms with Crippen LogP contribution in [0.1, 0.15) is 24.5 Å². The molecule has 1 atom stereocenters. The molecule has 0 radical (unpaired) electrons. The molecule has 2 N–H and O–H groups in total. The van der Waals surface area contributed by atoms with Crippen molar-refractivity contribution in [2.24, 2.45) is 5.92 Å². The van der Waals surface area contributed by atoms with Crippen molar-refractivity contribution in [3.05, 3.63) is 70.2 Å². The summed E-state index contributed by atoms with van der Waals surface area (Å²) in [4.78, 5) is 0. The zero-order chi connectivity index (χ0) is 15.8. The van der Waals surface area contributed by atoms with Crippen LogP contribution in [0.4, 0.5) is 0 Å². The molecule has 0 saturated heterocycles. The molecular weight excluding hydrogens is 317 g/mol. The van der Waals surface area contributed by atoms with E-state index in [4.69, 9.17) is 23.2 Å². The third-order valence-corrected chi connectivity index (χ3v) is 3.92. The van der Waals surface area contributed by atoms with Gasteiger partial charge in [-0.2, -0.15) is 0 Å². The number of hydrogen-bond donors (Lipinski definition) is 2. The Hall–Kier alpha value is -1.06. The lowest BCUT2D eigenvalue weighted by atomic mass is 10.1. The minimum Gasteiger partial charge on any atom is -0.387 e. The Kier molecular flexibility index (Phi) is 7.20. The first-order valence-corrected chi connectivity index (χ1v) is 8.25. The van der Waals surface area contributed by atoms with Gasteiger partial charge in [-0.3, -0.25) is 0 Å². The summed E-state index contributed by atoms with van der Waals surface area (Å²) in [6.45, 7) is 1.63. The van der Waals surface area contributed by atoms with Gasteiger partial charge in [0.1, 0.15) is 0 Å². The van der Waals surface area contributed by atoms with Crippen LogP contribution in [0.3, 0.4) is 0 Å². The Balaban J connectivity index is 0.000000211. The first kappa shape index (κ1) is 17.3. The second-order valence-corrected chi connectivity index (χ2v) is 6.34. The fraction of sp³-hybridized carbons (Fsp3) is 0.333. The summed E-state index contributed by atoms with van der Waals surface area (Å²) in [7, 11) is 0. The second kappa shape index (κ2) is 9.16. The van der Waals surface area contributed by atoms with Gasteiger partial charge >= 0.3 is 0 Å². The van der Waals surface area contributed by atoms with Crippen LogP contribution in [0.25, 0.3) is 0 Å². The average Bonchev–Trinajstić information content (AvgIpc) is 3.33. The van der Waals surface area contributed by atoms with E-state index >= 15 is 0 Å². The van der Waals surface area contributed by atoms with Gasteiger partial charge in [0, 0.05) is 16.6 Å². The molecule has 4 heteroatoms. The van der Waals surface area contributed by atoms with Crippen LogP contribution in [0, 0.1) is 5.92 Å². The maximum absolute atomic E-state index is 9.86. The standard InChI is InChI=1S/C12H16ClNO.C6H5Cl/c13-11-3-1-2-10(6-11)12(15)8-14-7-9-4-5-9;7-6-4-2-1-3-5-6/h1-3,6,9,12,14-15H,4-5,7-8H2;1-5H. The Labute approximate surface area is 142 Å². The zero-order valence-electron chi connectivity index (χ0n) is 12.4. The van der Waals surface area contributed by atoms with Gasteiger partial charge in [-0.05, 0) is 55.1 Å². The molecule has 2 aromatic rings. The van der Waals surface area contributed by atoms with E-state index in [9.17, 15) is 5.11 Å². The van der Waals surface area contributed by atoms with Crippen LogP contribution < -0.4 is 5.32 Å². The summed E-state index contributed by atoms with van der Waals surface area (Å²) in [6, 6.07) is 16.8. The fourth-order valence-corrected chi connectivity index (χ4v) is 2.34. The maximum Gasteiger partial charge on any atom is 0.0914 e. The molecule has 1 fully saturated rings. The summed E-state index contributed by atoms with van der Waals surface area (Å²) in [6.07, 6.45) is 2.21. The van der Waals surface area contributed by atoms with Crippen molar-refractivity contribution in [3.8, 4) is 0 Å². The summed E-state index contributed by atoms with van der Waals surface area (Å²) >= 11 is 11.4. The molecule has 2 nitrogen and oxygen atoms in total. The van der Waals surface area contributed by atoms with Gasteiger partial charge in [0.05, 0.1) is 6.10 Å². The second-order valence-electron chi connectivity index (χ2n) is 5.47. The van der Waals surface area contributed by atoms with E-state index in [1.165, 1.54) is 12.8 Å². The normalized spacial score (nSPS) is 14.9. The third kappa shape index (κ3) is 6.80. The van der Waals surface area contributed by atoms with E-state index in [0.29, 0.717) is 11.6 Å². The Morgan fingerprint density at radius 3 is 2.23 bits per heavy atom. The highest BCUT2D eigenvalue weighted by atomic mass is 35.5. The maximum atomic E-state index is 9.86. The van der Waals surface area contributed by atoms with E-state index in [1.54, 1.807) is 0 Å². The van der Waals surface area contributed by atoms with E-state index in [-0.39, 0.29) is 0 Å². The van der Waals surface area contributed by atoms with E-state index in [1.807, 2.05) is 54.6 Å². The third-order valence-electron chi connectivity index (χ3n) is 3.43. The summed E-state index contributed by atoms with van der Waals surface area (Å²) < 4.78 is 0. The number of benzene rings is 2. The van der Waals surface area contributed by atoms with E-state index < -0.39 is 6.10 Å². The van der Waals surface area contributed by atoms with Gasteiger partial charge < -0.3 is 10.4 Å². The van der Waals surface area contributed by atoms with Crippen LogP contribution >= 0.6 is 23.2 Å². The molecule has 0 heterocycles. The quantitative estimate of drug-likeness (QED) is 0.827. The monoisotopic (exact) mass is 337 g/mol. The van der Waals surface area contributed by atoms with Gasteiger partial charge in [0.2, 0.25) is 0 Å². The number of hydrogen-bond acceptors (Lipinski definition) is 2. The lowest BCUT2D eigenvalue weighted by Crippen LogP contribution is -2.23. The highest BCUT2D eigenvalue weighted by molar-refractivity contribution is 6.30. The van der Waals surface area contributed by atoms with Crippen molar-refractivity contribution in [1.29, 1.82) is 0 Å². The van der Waals surface area contributed by atoms with Crippen LogP contribution in [0.5, 0.6) is 0 Å². The Morgan fingerprint density at radius 2 is 1.68 bits per heavy atom. The predicted molar refractivity (Wildman–Crippen MR) is 93.5 cm³/mol. The lowest BCUT2D eigenvalue weighted by molar-refractivity contribution is 0.174. The van der Waals surface area contributed by atoms with Gasteiger partial charge in [0.15, 0.2) is 0 Å². The first-order valence-electron chi connectivity index (χ1n) is 7.50. The summed E-state index contributed by atoms with van der Waals surface area (Å²) in [5, 5.41) is 14.6. The molecule has 1 aliphatic carbocycles. The molecule has 0 bridgehead atoms. The molecule has 118 valence electrons. The zero-order valence-corrected chi connectivity index (χ0v) is 13.9. The lowest BCUT2D eigenvalue weighted by Gasteiger charge is -2.12. The van der Waals surface area contributed by atoms with Crippen molar-refractivity contribution >= 4 is 23.2 Å². The first-order chi connectivity index (χ1) is 10.6. The van der Waals surface area contributed by atoms with Crippen molar-refractivity contribution in [3.63, 3.8) is 0 Å². The van der Waals surface area contributed by atoms with Gasteiger partial charge in [-0.15, -0.1) is 0 Å². The average molecular weight is 338 g/mol. The van der Waals surface area contributed by atoms with Crippen LogP contribution in [0.2, 0.25) is 10.0 Å². The number of halogens is 2. The molecule has 1 unspecified atom stereocenters. The smallest absolute Gasteiger partial charge is 0.0914 e. The molecule has 22 heavy (non-hydrogen) atoms. The molecule has 1 saturated carbocycles. The van der Waals surface area contributed by atoms with E-state index in [2.05, 4.69) is 5.32 Å². The van der Waals surface area contributed by atoms with Crippen molar-refractivity contribution < 1.29 is 5.11 Å². The van der Waals surface area contributed by atoms with Crippen molar-refractivity contribution in [2.75, 3.05) is 13.1 Å². The van der Waals surface area contributed by atoms with Gasteiger partial charge in [-0.1, -0.05) is 53.5 Å². The molecule has 1 aliphatic rings. The Bertz CT molecular complexity index is 558. The van der Waals surface area contributed by atoms with Gasteiger partial charge in [0.25, 0.3) is 0 Å². The van der Waals surface area contributed by atoms with E-state index in [0.717, 1.165) is 23.0 Å². The molecule has 2 aromatic carbocycles. The highest BCUT2D eigenvalue weighted by Gasteiger charge is 2.20. The predicted octanol–water partition coefficient (Wildman–Crippen LogP) is 4.71. The van der Waals surface area contributed by atoms with Crippen LogP contribution in [0.15, 0.2) is 54.6 Å². The number of rotatable bonds is 5. The number of aliphatic hydroxyl groups excluding tert-OH is 1. The molecule has 0 amide bonds.